The number of amides is 1. The number of benzene rings is 2. The van der Waals surface area contributed by atoms with Crippen LogP contribution in [0.5, 0.6) is 0 Å². The van der Waals surface area contributed by atoms with E-state index in [1.54, 1.807) is 12.1 Å². The fourth-order valence-electron chi connectivity index (χ4n) is 2.87. The number of rotatable bonds is 6. The van der Waals surface area contributed by atoms with Gasteiger partial charge in [0.05, 0.1) is 12.0 Å². The van der Waals surface area contributed by atoms with Crippen molar-refractivity contribution in [1.82, 2.24) is 5.32 Å². The number of carbonyl (C=O) groups is 2. The molecule has 1 aliphatic carbocycles. The van der Waals surface area contributed by atoms with Crippen LogP contribution in [0.15, 0.2) is 48.5 Å². The smallest absolute Gasteiger partial charge is 0.335 e. The summed E-state index contributed by atoms with van der Waals surface area (Å²) in [6.45, 7) is 0.574. The molecule has 0 aromatic heterocycles. The average Bonchev–Trinajstić information content (AvgIpc) is 3.34. The highest BCUT2D eigenvalue weighted by Crippen LogP contribution is 2.48. The van der Waals surface area contributed by atoms with Gasteiger partial charge in [-0.15, -0.1) is 0 Å². The van der Waals surface area contributed by atoms with Gasteiger partial charge in [0, 0.05) is 17.0 Å². The molecule has 5 heteroatoms. The first-order valence-corrected chi connectivity index (χ1v) is 8.21. The van der Waals surface area contributed by atoms with Gasteiger partial charge in [0.25, 0.3) is 0 Å². The number of aromatic carboxylic acids is 1. The van der Waals surface area contributed by atoms with E-state index in [1.165, 1.54) is 12.1 Å². The van der Waals surface area contributed by atoms with Crippen LogP contribution in [0.1, 0.15) is 34.3 Å². The van der Waals surface area contributed by atoms with E-state index < -0.39 is 5.97 Å². The lowest BCUT2D eigenvalue weighted by molar-refractivity contribution is -0.120. The van der Waals surface area contributed by atoms with Crippen molar-refractivity contribution in [1.29, 1.82) is 0 Å². The monoisotopic (exact) mass is 343 g/mol. The van der Waals surface area contributed by atoms with Crippen molar-refractivity contribution < 1.29 is 14.7 Å². The molecular weight excluding hydrogens is 326 g/mol. The SMILES string of the molecule is O=C(Cc1cccc(C(=O)O)c1)NCC1(c2cccc(Cl)c2)CC1. The number of hydrogen-bond acceptors (Lipinski definition) is 2. The Morgan fingerprint density at radius 3 is 2.54 bits per heavy atom. The molecule has 1 saturated carbocycles. The summed E-state index contributed by atoms with van der Waals surface area (Å²) >= 11 is 6.05. The van der Waals surface area contributed by atoms with Gasteiger partial charge in [-0.25, -0.2) is 4.79 Å². The molecule has 1 amide bonds. The van der Waals surface area contributed by atoms with Crippen LogP contribution in [0.25, 0.3) is 0 Å². The van der Waals surface area contributed by atoms with Crippen LogP contribution in [-0.4, -0.2) is 23.5 Å². The van der Waals surface area contributed by atoms with Gasteiger partial charge in [0.15, 0.2) is 0 Å². The molecular formula is C19H18ClNO3. The summed E-state index contributed by atoms with van der Waals surface area (Å²) in [6, 6.07) is 14.2. The zero-order valence-electron chi connectivity index (χ0n) is 13.1. The first kappa shape index (κ1) is 16.5. The quantitative estimate of drug-likeness (QED) is 0.844. The normalized spacial score (nSPS) is 14.9. The topological polar surface area (TPSA) is 66.4 Å². The number of carboxylic acid groups (broad SMARTS) is 1. The lowest BCUT2D eigenvalue weighted by Crippen LogP contribution is -2.33. The van der Waals surface area contributed by atoms with E-state index in [1.807, 2.05) is 24.3 Å². The van der Waals surface area contributed by atoms with E-state index >= 15 is 0 Å². The van der Waals surface area contributed by atoms with Crippen molar-refractivity contribution in [2.45, 2.75) is 24.7 Å². The van der Waals surface area contributed by atoms with Crippen LogP contribution in [0.2, 0.25) is 5.02 Å². The maximum absolute atomic E-state index is 12.2. The fourth-order valence-corrected chi connectivity index (χ4v) is 3.06. The molecule has 2 aromatic carbocycles. The molecule has 0 spiro atoms. The lowest BCUT2D eigenvalue weighted by Gasteiger charge is -2.17. The highest BCUT2D eigenvalue weighted by molar-refractivity contribution is 6.30. The minimum Gasteiger partial charge on any atom is -0.478 e. The first-order chi connectivity index (χ1) is 11.5. The van der Waals surface area contributed by atoms with E-state index in [-0.39, 0.29) is 23.3 Å². The van der Waals surface area contributed by atoms with E-state index in [4.69, 9.17) is 16.7 Å². The molecule has 0 unspecified atom stereocenters. The zero-order valence-corrected chi connectivity index (χ0v) is 13.8. The number of nitrogens with one attached hydrogen (secondary N) is 1. The molecule has 2 N–H and O–H groups in total. The Morgan fingerprint density at radius 2 is 1.88 bits per heavy atom. The molecule has 0 radical (unpaired) electrons. The maximum atomic E-state index is 12.2. The summed E-state index contributed by atoms with van der Waals surface area (Å²) < 4.78 is 0. The van der Waals surface area contributed by atoms with Gasteiger partial charge in [0.1, 0.15) is 0 Å². The molecule has 2 aromatic rings. The Labute approximate surface area is 145 Å². The summed E-state index contributed by atoms with van der Waals surface area (Å²) in [6.07, 6.45) is 2.23. The molecule has 0 saturated heterocycles. The second kappa shape index (κ2) is 6.65. The third-order valence-corrected chi connectivity index (χ3v) is 4.69. The van der Waals surface area contributed by atoms with Crippen LogP contribution in [-0.2, 0) is 16.6 Å². The highest BCUT2D eigenvalue weighted by atomic mass is 35.5. The van der Waals surface area contributed by atoms with Crippen molar-refractivity contribution in [2.75, 3.05) is 6.54 Å². The van der Waals surface area contributed by atoms with Crippen molar-refractivity contribution in [3.8, 4) is 0 Å². The maximum Gasteiger partial charge on any atom is 0.335 e. The van der Waals surface area contributed by atoms with Crippen molar-refractivity contribution in [2.24, 2.45) is 0 Å². The minimum absolute atomic E-state index is 0.0104. The van der Waals surface area contributed by atoms with E-state index in [0.29, 0.717) is 17.1 Å². The van der Waals surface area contributed by atoms with Crippen molar-refractivity contribution in [3.05, 3.63) is 70.2 Å². The summed E-state index contributed by atoms with van der Waals surface area (Å²) in [4.78, 5) is 23.2. The lowest BCUT2D eigenvalue weighted by atomic mass is 9.96. The third-order valence-electron chi connectivity index (χ3n) is 4.45. The molecule has 24 heavy (non-hydrogen) atoms. The van der Waals surface area contributed by atoms with E-state index in [0.717, 1.165) is 18.4 Å². The number of halogens is 1. The van der Waals surface area contributed by atoms with Gasteiger partial charge < -0.3 is 10.4 Å². The van der Waals surface area contributed by atoms with Crippen LogP contribution in [0.3, 0.4) is 0 Å². The van der Waals surface area contributed by atoms with Crippen molar-refractivity contribution >= 4 is 23.5 Å². The fraction of sp³-hybridized carbons (Fsp3) is 0.263. The summed E-state index contributed by atoms with van der Waals surface area (Å²) in [5.41, 5.74) is 2.03. The summed E-state index contributed by atoms with van der Waals surface area (Å²) in [7, 11) is 0. The van der Waals surface area contributed by atoms with Gasteiger partial charge in [-0.2, -0.15) is 0 Å². The average molecular weight is 344 g/mol. The Bertz CT molecular complexity index is 784. The number of hydrogen-bond donors (Lipinski definition) is 2. The second-order valence-electron chi connectivity index (χ2n) is 6.25. The molecule has 0 aliphatic heterocycles. The Kier molecular flexibility index (Phi) is 4.58. The molecule has 1 aliphatic rings. The summed E-state index contributed by atoms with van der Waals surface area (Å²) in [5, 5.41) is 12.7. The second-order valence-corrected chi connectivity index (χ2v) is 6.69. The van der Waals surface area contributed by atoms with E-state index in [9.17, 15) is 9.59 Å². The third kappa shape index (κ3) is 3.77. The number of carboxylic acids is 1. The van der Waals surface area contributed by atoms with Crippen molar-refractivity contribution in [3.63, 3.8) is 0 Å². The zero-order chi connectivity index (χ0) is 17.2. The Morgan fingerprint density at radius 1 is 1.12 bits per heavy atom. The van der Waals surface area contributed by atoms with E-state index in [2.05, 4.69) is 5.32 Å². The predicted molar refractivity (Wildman–Crippen MR) is 92.5 cm³/mol. The molecule has 0 heterocycles. The van der Waals surface area contributed by atoms with Crippen LogP contribution >= 0.6 is 11.6 Å². The molecule has 124 valence electrons. The molecule has 1 fully saturated rings. The van der Waals surface area contributed by atoms with Crippen LogP contribution in [0, 0.1) is 0 Å². The van der Waals surface area contributed by atoms with Gasteiger partial charge in [0.2, 0.25) is 5.91 Å². The molecule has 3 rings (SSSR count). The standard InChI is InChI=1S/C19H18ClNO3/c20-16-6-2-5-15(11-16)19(7-8-19)12-21-17(22)10-13-3-1-4-14(9-13)18(23)24/h1-6,9,11H,7-8,10,12H2,(H,21,22)(H,23,24). The molecule has 0 atom stereocenters. The first-order valence-electron chi connectivity index (χ1n) is 7.83. The van der Waals surface area contributed by atoms with Gasteiger partial charge >= 0.3 is 5.97 Å². The highest BCUT2D eigenvalue weighted by Gasteiger charge is 2.44. The summed E-state index contributed by atoms with van der Waals surface area (Å²) in [5.74, 6) is -1.10. The predicted octanol–water partition coefficient (Wildman–Crippen LogP) is 3.43. The van der Waals surface area contributed by atoms with Crippen LogP contribution in [0.4, 0.5) is 0 Å². The largest absolute Gasteiger partial charge is 0.478 e. The minimum atomic E-state index is -0.991. The number of carbonyl (C=O) groups excluding carboxylic acids is 1. The Hall–Kier alpha value is -2.33. The van der Waals surface area contributed by atoms with Crippen LogP contribution < -0.4 is 5.32 Å². The van der Waals surface area contributed by atoms with Gasteiger partial charge in [-0.1, -0.05) is 35.9 Å². The molecule has 4 nitrogen and oxygen atoms in total. The Balaban J connectivity index is 1.60. The van der Waals surface area contributed by atoms with Gasteiger partial charge in [-0.05, 0) is 48.2 Å². The van der Waals surface area contributed by atoms with Gasteiger partial charge in [-0.3, -0.25) is 4.79 Å². The molecule has 0 bridgehead atoms.